The van der Waals surface area contributed by atoms with Gasteiger partial charge in [0.15, 0.2) is 11.3 Å². The Hall–Kier alpha value is -1.88. The third-order valence-corrected chi connectivity index (χ3v) is 7.45. The zero-order valence-electron chi connectivity index (χ0n) is 20.5. The molecule has 2 aliphatic rings. The Balaban J connectivity index is 1.73. The third-order valence-electron chi connectivity index (χ3n) is 7.45. The molecule has 1 aliphatic carbocycles. The van der Waals surface area contributed by atoms with Crippen LogP contribution >= 0.6 is 0 Å². The predicted octanol–water partition coefficient (Wildman–Crippen LogP) is 4.61. The number of pyridine rings is 1. The van der Waals surface area contributed by atoms with E-state index in [0.717, 1.165) is 36.3 Å². The maximum Gasteiger partial charge on any atom is 0.290 e. The van der Waals surface area contributed by atoms with Gasteiger partial charge in [-0.15, -0.1) is 0 Å². The number of hydrogen-bond donors (Lipinski definition) is 1. The van der Waals surface area contributed by atoms with Gasteiger partial charge in [-0.25, -0.2) is 4.98 Å². The fraction of sp³-hybridized carbons (Fsp3) is 0.692. The Morgan fingerprint density at radius 1 is 1.16 bits per heavy atom. The van der Waals surface area contributed by atoms with Crippen molar-refractivity contribution in [1.82, 2.24) is 9.88 Å². The molecule has 0 bridgehead atoms. The van der Waals surface area contributed by atoms with E-state index < -0.39 is 0 Å². The first-order valence-corrected chi connectivity index (χ1v) is 12.0. The molecule has 5 heteroatoms. The molecule has 2 fully saturated rings. The third kappa shape index (κ3) is 4.39. The molecule has 5 nitrogen and oxygen atoms in total. The van der Waals surface area contributed by atoms with Crippen molar-refractivity contribution in [3.8, 4) is 0 Å². The molecule has 31 heavy (non-hydrogen) atoms. The highest BCUT2D eigenvalue weighted by Gasteiger charge is 2.38. The summed E-state index contributed by atoms with van der Waals surface area (Å²) in [6, 6.07) is 4.14. The Kier molecular flexibility index (Phi) is 5.48. The molecule has 0 spiro atoms. The number of carbonyl (C=O) groups is 1. The molecular formula is C26H40N3O2+. The van der Waals surface area contributed by atoms with Gasteiger partial charge in [-0.2, -0.15) is 0 Å². The first kappa shape index (κ1) is 22.3. The number of quaternary nitrogens is 1. The van der Waals surface area contributed by atoms with Crippen LogP contribution in [0.15, 0.2) is 16.5 Å². The number of amides is 1. The molecule has 170 valence electrons. The lowest BCUT2D eigenvalue weighted by Gasteiger charge is -2.39. The second-order valence-corrected chi connectivity index (χ2v) is 12.2. The summed E-state index contributed by atoms with van der Waals surface area (Å²) in [7, 11) is 0. The second-order valence-electron chi connectivity index (χ2n) is 12.2. The van der Waals surface area contributed by atoms with Crippen molar-refractivity contribution >= 4 is 17.0 Å². The normalized spacial score (nSPS) is 22.1. The average Bonchev–Trinajstić information content (AvgIpc) is 3.09. The van der Waals surface area contributed by atoms with Gasteiger partial charge in [0.2, 0.25) is 0 Å². The smallest absolute Gasteiger partial charge is 0.290 e. The van der Waals surface area contributed by atoms with E-state index in [1.165, 1.54) is 31.4 Å². The van der Waals surface area contributed by atoms with Crippen molar-refractivity contribution in [3.63, 3.8) is 0 Å². The lowest BCUT2D eigenvalue weighted by molar-refractivity contribution is -0.673. The maximum absolute atomic E-state index is 13.4. The molecule has 4 rings (SSSR count). The number of furan rings is 1. The van der Waals surface area contributed by atoms with Gasteiger partial charge in [-0.1, -0.05) is 34.6 Å². The van der Waals surface area contributed by atoms with Crippen LogP contribution in [0.1, 0.15) is 102 Å². The molecule has 1 aliphatic heterocycles. The summed E-state index contributed by atoms with van der Waals surface area (Å²) >= 11 is 0. The summed E-state index contributed by atoms with van der Waals surface area (Å²) in [6.45, 7) is 18.2. The van der Waals surface area contributed by atoms with Gasteiger partial charge in [0.05, 0.1) is 25.2 Å². The number of piperazine rings is 1. The standard InChI is InChI=1S/C26H39N3O2/c1-24(2,3)18-14-19(17-8-10-25(4,5)11-9-17)28-20-15-21(31-22(18)20)23(30)29-13-12-27-16-26(29,6)7/h14-15,17,27H,8-13,16H2,1-7H3/p+1. The van der Waals surface area contributed by atoms with Crippen molar-refractivity contribution in [1.29, 1.82) is 0 Å². The molecular weight excluding hydrogens is 386 g/mol. The highest BCUT2D eigenvalue weighted by Crippen LogP contribution is 2.43. The van der Waals surface area contributed by atoms with Crippen LogP contribution in [0, 0.1) is 5.41 Å². The fourth-order valence-electron chi connectivity index (χ4n) is 5.21. The van der Waals surface area contributed by atoms with Crippen LogP contribution in [-0.4, -0.2) is 41.0 Å². The molecule has 2 aromatic rings. The van der Waals surface area contributed by atoms with E-state index >= 15 is 0 Å². The van der Waals surface area contributed by atoms with E-state index in [4.69, 9.17) is 9.40 Å². The summed E-state index contributed by atoms with van der Waals surface area (Å²) in [5.41, 5.74) is 4.09. The SMILES string of the molecule is CC1(C)CCC(c2cc(C(C)(C)C)c3oc(C(=O)N4CC[NH2+]CC4(C)C)cc3n2)CC1. The maximum atomic E-state index is 13.4. The zero-order valence-corrected chi connectivity index (χ0v) is 20.5. The molecule has 0 unspecified atom stereocenters. The molecule has 1 saturated carbocycles. The molecule has 2 aromatic heterocycles. The minimum absolute atomic E-state index is 0.0167. The van der Waals surface area contributed by atoms with Crippen molar-refractivity contribution in [2.75, 3.05) is 19.6 Å². The summed E-state index contributed by atoms with van der Waals surface area (Å²) in [4.78, 5) is 20.4. The van der Waals surface area contributed by atoms with E-state index in [9.17, 15) is 4.79 Å². The van der Waals surface area contributed by atoms with E-state index in [1.54, 1.807) is 0 Å². The Morgan fingerprint density at radius 3 is 2.45 bits per heavy atom. The number of carbonyl (C=O) groups excluding carboxylic acids is 1. The number of fused-ring (bicyclic) bond motifs is 1. The van der Waals surface area contributed by atoms with Gasteiger partial charge in [0.1, 0.15) is 5.52 Å². The first-order chi connectivity index (χ1) is 14.4. The van der Waals surface area contributed by atoms with E-state index in [-0.39, 0.29) is 16.9 Å². The highest BCUT2D eigenvalue weighted by molar-refractivity contribution is 5.96. The van der Waals surface area contributed by atoms with Crippen molar-refractivity contribution in [2.24, 2.45) is 5.41 Å². The summed E-state index contributed by atoms with van der Waals surface area (Å²) in [5, 5.41) is 2.28. The van der Waals surface area contributed by atoms with Crippen molar-refractivity contribution in [3.05, 3.63) is 29.2 Å². The summed E-state index contributed by atoms with van der Waals surface area (Å²) in [6.07, 6.45) is 4.82. The number of aromatic nitrogens is 1. The monoisotopic (exact) mass is 426 g/mol. The van der Waals surface area contributed by atoms with Gasteiger partial charge in [-0.3, -0.25) is 4.79 Å². The Bertz CT molecular complexity index is 970. The predicted molar refractivity (Wildman–Crippen MR) is 124 cm³/mol. The largest absolute Gasteiger partial charge is 0.449 e. The van der Waals surface area contributed by atoms with Crippen molar-refractivity contribution < 1.29 is 14.5 Å². The molecule has 1 amide bonds. The van der Waals surface area contributed by atoms with E-state index in [0.29, 0.717) is 17.1 Å². The quantitative estimate of drug-likeness (QED) is 0.763. The molecule has 0 atom stereocenters. The lowest BCUT2D eigenvalue weighted by atomic mass is 9.72. The zero-order chi connectivity index (χ0) is 22.6. The van der Waals surface area contributed by atoms with Crippen LogP contribution < -0.4 is 5.32 Å². The topological polar surface area (TPSA) is 63.0 Å². The van der Waals surface area contributed by atoms with Crippen LogP contribution in [0.3, 0.4) is 0 Å². The van der Waals surface area contributed by atoms with Crippen LogP contribution in [0.5, 0.6) is 0 Å². The minimum Gasteiger partial charge on any atom is -0.449 e. The number of nitrogens with two attached hydrogens (primary N) is 1. The Morgan fingerprint density at radius 2 is 1.84 bits per heavy atom. The van der Waals surface area contributed by atoms with E-state index in [1.807, 2.05) is 11.0 Å². The molecule has 0 aromatic carbocycles. The second kappa shape index (κ2) is 7.61. The summed E-state index contributed by atoms with van der Waals surface area (Å²) in [5.74, 6) is 0.894. The van der Waals surface area contributed by atoms with Gasteiger partial charge >= 0.3 is 0 Å². The average molecular weight is 427 g/mol. The summed E-state index contributed by atoms with van der Waals surface area (Å²) < 4.78 is 6.25. The molecule has 2 N–H and O–H groups in total. The van der Waals surface area contributed by atoms with Gasteiger partial charge in [-0.05, 0) is 56.4 Å². The number of nitrogens with zero attached hydrogens (tertiary/aromatic N) is 2. The van der Waals surface area contributed by atoms with E-state index in [2.05, 4.69) is 59.8 Å². The lowest BCUT2D eigenvalue weighted by Crippen LogP contribution is -2.93. The van der Waals surface area contributed by atoms with Crippen LogP contribution in [-0.2, 0) is 5.41 Å². The van der Waals surface area contributed by atoms with Gasteiger partial charge in [0, 0.05) is 23.2 Å². The first-order valence-electron chi connectivity index (χ1n) is 12.0. The van der Waals surface area contributed by atoms with Crippen LogP contribution in [0.4, 0.5) is 0 Å². The Labute approximate surface area is 187 Å². The molecule has 3 heterocycles. The fourth-order valence-corrected chi connectivity index (χ4v) is 5.21. The highest BCUT2D eigenvalue weighted by atomic mass is 16.3. The van der Waals surface area contributed by atoms with Crippen molar-refractivity contribution in [2.45, 2.75) is 91.0 Å². The van der Waals surface area contributed by atoms with Crippen LogP contribution in [0.25, 0.3) is 11.1 Å². The van der Waals surface area contributed by atoms with Gasteiger partial charge in [0.25, 0.3) is 5.91 Å². The van der Waals surface area contributed by atoms with Crippen LogP contribution in [0.2, 0.25) is 0 Å². The van der Waals surface area contributed by atoms with Gasteiger partial charge < -0.3 is 14.6 Å². The molecule has 1 saturated heterocycles. The number of rotatable bonds is 2. The number of hydrogen-bond acceptors (Lipinski definition) is 3. The molecule has 0 radical (unpaired) electrons. The minimum atomic E-state index is -0.186.